The van der Waals surface area contributed by atoms with Gasteiger partial charge in [-0.15, -0.1) is 0 Å². The van der Waals surface area contributed by atoms with Crippen LogP contribution in [-0.2, 0) is 9.59 Å². The highest BCUT2D eigenvalue weighted by atomic mass is 28.1. The lowest BCUT2D eigenvalue weighted by Crippen LogP contribution is -2.22. The van der Waals surface area contributed by atoms with Crippen molar-refractivity contribution in [2.75, 3.05) is 0 Å². The SMILES string of the molecule is O=C(O)CC(O)C(=O)O.[SiH4]. The molecule has 0 radical (unpaired) electrons. The Bertz CT molecular complexity index is 134. The van der Waals surface area contributed by atoms with Crippen molar-refractivity contribution in [1.82, 2.24) is 0 Å². The second-order valence-corrected chi connectivity index (χ2v) is 1.45. The van der Waals surface area contributed by atoms with E-state index in [9.17, 15) is 9.59 Å². The molecule has 60 valence electrons. The molecule has 3 N–H and O–H groups in total. The molecule has 0 amide bonds. The normalized spacial score (nSPS) is 11.3. The van der Waals surface area contributed by atoms with Gasteiger partial charge < -0.3 is 15.3 Å². The van der Waals surface area contributed by atoms with E-state index in [-0.39, 0.29) is 11.0 Å². The standard InChI is InChI=1S/C4H6O5.H4Si/c5-2(4(8)9)1-3(6)7;/h2,5H,1H2,(H,6,7)(H,8,9);1H4. The van der Waals surface area contributed by atoms with Gasteiger partial charge in [0.05, 0.1) is 6.42 Å². The number of hydrogen-bond acceptors (Lipinski definition) is 3. The lowest BCUT2D eigenvalue weighted by atomic mass is 10.3. The maximum atomic E-state index is 9.72. The van der Waals surface area contributed by atoms with Gasteiger partial charge in [-0.2, -0.15) is 0 Å². The molecule has 0 aliphatic heterocycles. The highest BCUT2D eigenvalue weighted by Gasteiger charge is 2.16. The number of aliphatic hydroxyl groups is 1. The largest absolute Gasteiger partial charge is 0.481 e. The van der Waals surface area contributed by atoms with Gasteiger partial charge >= 0.3 is 11.9 Å². The molecule has 0 bridgehead atoms. The predicted molar refractivity (Wildman–Crippen MR) is 37.2 cm³/mol. The van der Waals surface area contributed by atoms with Gasteiger partial charge in [0.2, 0.25) is 0 Å². The van der Waals surface area contributed by atoms with Crippen LogP contribution in [0.25, 0.3) is 0 Å². The van der Waals surface area contributed by atoms with E-state index < -0.39 is 24.5 Å². The minimum Gasteiger partial charge on any atom is -0.481 e. The van der Waals surface area contributed by atoms with Crippen LogP contribution in [0.4, 0.5) is 0 Å². The summed E-state index contributed by atoms with van der Waals surface area (Å²) in [6.07, 6.45) is -2.54. The lowest BCUT2D eigenvalue weighted by Gasteiger charge is -1.97. The summed E-state index contributed by atoms with van der Waals surface area (Å²) >= 11 is 0. The summed E-state index contributed by atoms with van der Waals surface area (Å²) in [6.45, 7) is 0. The van der Waals surface area contributed by atoms with Gasteiger partial charge in [0, 0.05) is 0 Å². The smallest absolute Gasteiger partial charge is 0.333 e. The van der Waals surface area contributed by atoms with Crippen LogP contribution in [0.15, 0.2) is 0 Å². The molecule has 0 saturated heterocycles. The van der Waals surface area contributed by atoms with Crippen LogP contribution in [0, 0.1) is 0 Å². The monoisotopic (exact) mass is 166 g/mol. The van der Waals surface area contributed by atoms with Crippen LogP contribution >= 0.6 is 0 Å². The summed E-state index contributed by atoms with van der Waals surface area (Å²) in [5.41, 5.74) is 0. The first-order valence-corrected chi connectivity index (χ1v) is 2.16. The third kappa shape index (κ3) is 5.26. The molecule has 10 heavy (non-hydrogen) atoms. The van der Waals surface area contributed by atoms with Crippen molar-refractivity contribution in [2.45, 2.75) is 12.5 Å². The minimum absolute atomic E-state index is 0. The van der Waals surface area contributed by atoms with E-state index in [1.807, 2.05) is 0 Å². The Morgan fingerprint density at radius 3 is 1.80 bits per heavy atom. The maximum absolute atomic E-state index is 9.72. The van der Waals surface area contributed by atoms with Crippen LogP contribution < -0.4 is 0 Å². The van der Waals surface area contributed by atoms with Crippen LogP contribution in [0.1, 0.15) is 6.42 Å². The molecule has 0 fully saturated rings. The fourth-order valence-corrected chi connectivity index (χ4v) is 0.253. The Balaban J connectivity index is 0. The molecule has 5 nitrogen and oxygen atoms in total. The topological polar surface area (TPSA) is 94.8 Å². The fourth-order valence-electron chi connectivity index (χ4n) is 0.253. The van der Waals surface area contributed by atoms with Gasteiger partial charge in [0.25, 0.3) is 0 Å². The first-order chi connectivity index (χ1) is 4.04. The van der Waals surface area contributed by atoms with E-state index >= 15 is 0 Å². The Morgan fingerprint density at radius 1 is 1.30 bits per heavy atom. The molecule has 0 aromatic heterocycles. The molecule has 0 heterocycles. The molecule has 0 aromatic rings. The van der Waals surface area contributed by atoms with E-state index in [0.29, 0.717) is 0 Å². The zero-order chi connectivity index (χ0) is 7.44. The Hall–Kier alpha value is -0.883. The summed E-state index contributed by atoms with van der Waals surface area (Å²) < 4.78 is 0. The number of carboxylic acid groups (broad SMARTS) is 2. The van der Waals surface area contributed by atoms with Gasteiger partial charge in [-0.1, -0.05) is 0 Å². The summed E-state index contributed by atoms with van der Waals surface area (Å²) in [7, 11) is 0. The number of carbonyl (C=O) groups is 2. The van der Waals surface area contributed by atoms with Crippen molar-refractivity contribution in [3.63, 3.8) is 0 Å². The number of rotatable bonds is 3. The zero-order valence-electron chi connectivity index (χ0n) is 4.44. The Kier molecular flexibility index (Phi) is 5.87. The van der Waals surface area contributed by atoms with E-state index in [0.717, 1.165) is 0 Å². The van der Waals surface area contributed by atoms with Crippen LogP contribution in [0.3, 0.4) is 0 Å². The Labute approximate surface area is 61.3 Å². The van der Waals surface area contributed by atoms with Crippen molar-refractivity contribution in [3.8, 4) is 0 Å². The van der Waals surface area contributed by atoms with Crippen LogP contribution in [0.2, 0.25) is 0 Å². The lowest BCUT2D eigenvalue weighted by molar-refractivity contribution is -0.152. The van der Waals surface area contributed by atoms with Crippen molar-refractivity contribution in [2.24, 2.45) is 0 Å². The van der Waals surface area contributed by atoms with E-state index in [2.05, 4.69) is 0 Å². The average Bonchev–Trinajstić information content (AvgIpc) is 1.63. The van der Waals surface area contributed by atoms with Crippen molar-refractivity contribution in [1.29, 1.82) is 0 Å². The number of carboxylic acids is 2. The molecule has 0 rings (SSSR count). The van der Waals surface area contributed by atoms with Gasteiger partial charge in [0.15, 0.2) is 6.10 Å². The van der Waals surface area contributed by atoms with Gasteiger partial charge in [-0.3, -0.25) is 4.79 Å². The first-order valence-electron chi connectivity index (χ1n) is 2.16. The van der Waals surface area contributed by atoms with E-state index in [4.69, 9.17) is 15.3 Å². The first kappa shape index (κ1) is 11.9. The number of aliphatic carboxylic acids is 2. The second kappa shape index (κ2) is 4.95. The Morgan fingerprint density at radius 2 is 1.70 bits per heavy atom. The van der Waals surface area contributed by atoms with Crippen molar-refractivity contribution in [3.05, 3.63) is 0 Å². The molecule has 6 heteroatoms. The molecule has 0 saturated carbocycles. The quantitative estimate of drug-likeness (QED) is 0.401. The minimum atomic E-state index is -1.79. The van der Waals surface area contributed by atoms with E-state index in [1.165, 1.54) is 0 Å². The van der Waals surface area contributed by atoms with Gasteiger partial charge in [-0.25, -0.2) is 4.79 Å². The second-order valence-electron chi connectivity index (χ2n) is 1.45. The number of hydrogen-bond donors (Lipinski definition) is 3. The third-order valence-electron chi connectivity index (χ3n) is 0.653. The molecule has 0 aliphatic carbocycles. The summed E-state index contributed by atoms with van der Waals surface area (Å²) in [6, 6.07) is 0. The van der Waals surface area contributed by atoms with E-state index in [1.54, 1.807) is 0 Å². The van der Waals surface area contributed by atoms with Crippen molar-refractivity contribution < 1.29 is 24.9 Å². The maximum Gasteiger partial charge on any atom is 0.333 e. The fraction of sp³-hybridized carbons (Fsp3) is 0.500. The van der Waals surface area contributed by atoms with Crippen molar-refractivity contribution >= 4 is 22.9 Å². The highest BCUT2D eigenvalue weighted by Crippen LogP contribution is 1.89. The third-order valence-corrected chi connectivity index (χ3v) is 0.653. The predicted octanol–water partition coefficient (Wildman–Crippen LogP) is -2.54. The average molecular weight is 166 g/mol. The molecular formula is C4H10O5Si. The van der Waals surface area contributed by atoms with Gasteiger partial charge in [-0.05, 0) is 11.0 Å². The molecule has 0 aromatic carbocycles. The molecule has 1 atom stereocenters. The molecule has 0 aliphatic rings. The van der Waals surface area contributed by atoms with Crippen LogP contribution in [-0.4, -0.2) is 44.3 Å². The zero-order valence-corrected chi connectivity index (χ0v) is 4.44. The molecular weight excluding hydrogens is 156 g/mol. The van der Waals surface area contributed by atoms with Crippen LogP contribution in [0.5, 0.6) is 0 Å². The summed E-state index contributed by atoms with van der Waals surface area (Å²) in [5, 5.41) is 24.1. The molecule has 1 unspecified atom stereocenters. The number of aliphatic hydroxyl groups excluding tert-OH is 1. The summed E-state index contributed by atoms with van der Waals surface area (Å²) in [5.74, 6) is -2.85. The molecule has 0 spiro atoms. The van der Waals surface area contributed by atoms with Gasteiger partial charge in [0.1, 0.15) is 0 Å². The highest BCUT2D eigenvalue weighted by molar-refractivity contribution is 5.79. The summed E-state index contributed by atoms with van der Waals surface area (Å²) in [4.78, 5) is 19.4.